The van der Waals surface area contributed by atoms with Gasteiger partial charge in [-0.3, -0.25) is 24.6 Å². The van der Waals surface area contributed by atoms with Crippen molar-refractivity contribution in [1.29, 1.82) is 0 Å². The maximum absolute atomic E-state index is 13.3. The summed E-state index contributed by atoms with van der Waals surface area (Å²) in [6.45, 7) is -0.00265. The Morgan fingerprint density at radius 3 is 2.53 bits per heavy atom. The topological polar surface area (TPSA) is 99.0 Å². The van der Waals surface area contributed by atoms with Gasteiger partial charge in [0.25, 0.3) is 16.8 Å². The fraction of sp³-hybridized carbons (Fsp3) is 0.120. The van der Waals surface area contributed by atoms with Crippen molar-refractivity contribution in [3.63, 3.8) is 0 Å². The van der Waals surface area contributed by atoms with Gasteiger partial charge in [-0.05, 0) is 47.2 Å². The highest BCUT2D eigenvalue weighted by Crippen LogP contribution is 2.39. The van der Waals surface area contributed by atoms with Crippen LogP contribution >= 0.6 is 23.4 Å². The molecule has 0 N–H and O–H groups in total. The first-order chi connectivity index (χ1) is 17.3. The molecule has 1 aliphatic rings. The second-order valence-electron chi connectivity index (χ2n) is 7.60. The van der Waals surface area contributed by atoms with Crippen LogP contribution in [0.15, 0.2) is 65.6 Å². The zero-order chi connectivity index (χ0) is 25.8. The first kappa shape index (κ1) is 25.2. The molecule has 0 bridgehead atoms. The van der Waals surface area contributed by atoms with Gasteiger partial charge in [0.1, 0.15) is 12.4 Å². The first-order valence-electron chi connectivity index (χ1n) is 10.5. The number of amides is 2. The van der Waals surface area contributed by atoms with Gasteiger partial charge < -0.3 is 9.47 Å². The van der Waals surface area contributed by atoms with Crippen LogP contribution in [-0.2, 0) is 17.9 Å². The lowest BCUT2D eigenvalue weighted by atomic mass is 10.1. The van der Waals surface area contributed by atoms with Crippen LogP contribution < -0.4 is 9.47 Å². The molecule has 2 amide bonds. The number of hydrogen-bond acceptors (Lipinski definition) is 7. The number of benzene rings is 3. The lowest BCUT2D eigenvalue weighted by Gasteiger charge is -2.13. The number of hydrogen-bond donors (Lipinski definition) is 0. The van der Waals surface area contributed by atoms with Crippen LogP contribution in [0.5, 0.6) is 11.5 Å². The van der Waals surface area contributed by atoms with E-state index < -0.39 is 21.9 Å². The molecule has 1 heterocycles. The molecule has 0 radical (unpaired) electrons. The van der Waals surface area contributed by atoms with Crippen molar-refractivity contribution < 1.29 is 28.4 Å². The summed E-state index contributed by atoms with van der Waals surface area (Å²) in [7, 11) is 1.39. The lowest BCUT2D eigenvalue weighted by Crippen LogP contribution is -2.27. The van der Waals surface area contributed by atoms with Crippen LogP contribution in [0, 0.1) is 15.9 Å². The van der Waals surface area contributed by atoms with Gasteiger partial charge in [-0.15, -0.1) is 0 Å². The molecule has 0 aliphatic carbocycles. The molecule has 8 nitrogen and oxygen atoms in total. The smallest absolute Gasteiger partial charge is 0.293 e. The Labute approximate surface area is 214 Å². The summed E-state index contributed by atoms with van der Waals surface area (Å²) in [4.78, 5) is 37.6. The molecule has 3 aromatic rings. The predicted molar refractivity (Wildman–Crippen MR) is 133 cm³/mol. The Bertz CT molecular complexity index is 1380. The van der Waals surface area contributed by atoms with E-state index in [0.29, 0.717) is 17.3 Å². The quantitative estimate of drug-likeness (QED) is 0.195. The summed E-state index contributed by atoms with van der Waals surface area (Å²) in [6.07, 6.45) is 1.26. The predicted octanol–water partition coefficient (Wildman–Crippen LogP) is 6.21. The third-order valence-electron chi connectivity index (χ3n) is 5.25. The molecule has 184 valence electrons. The number of nitro benzene ring substituents is 1. The zero-order valence-electron chi connectivity index (χ0n) is 18.8. The van der Waals surface area contributed by atoms with Crippen LogP contribution in [-0.4, -0.2) is 28.1 Å². The SMILES string of the molecule is COc1cc(/C=C2\SC(=O)N(Cc3ccc(F)cc3Cl)C2=O)c([N+](=O)[O-])cc1OCc1ccccc1. The van der Waals surface area contributed by atoms with E-state index in [9.17, 15) is 24.1 Å². The van der Waals surface area contributed by atoms with E-state index in [1.54, 1.807) is 0 Å². The average Bonchev–Trinajstić information content (AvgIpc) is 3.12. The van der Waals surface area contributed by atoms with Crippen molar-refractivity contribution >= 4 is 46.3 Å². The number of carbonyl (C=O) groups is 2. The van der Waals surface area contributed by atoms with E-state index in [1.807, 2.05) is 30.3 Å². The molecule has 0 saturated carbocycles. The van der Waals surface area contributed by atoms with Gasteiger partial charge in [0.2, 0.25) is 0 Å². The maximum Gasteiger partial charge on any atom is 0.293 e. The summed E-state index contributed by atoms with van der Waals surface area (Å²) in [6, 6.07) is 15.5. The Hall–Kier alpha value is -3.89. The van der Waals surface area contributed by atoms with Gasteiger partial charge in [0.15, 0.2) is 11.5 Å². The zero-order valence-corrected chi connectivity index (χ0v) is 20.3. The molecule has 0 unspecified atom stereocenters. The number of nitro groups is 1. The minimum Gasteiger partial charge on any atom is -0.493 e. The average molecular weight is 529 g/mol. The van der Waals surface area contributed by atoms with Gasteiger partial charge in [-0.2, -0.15) is 0 Å². The Morgan fingerprint density at radius 2 is 1.86 bits per heavy atom. The molecular formula is C25H18ClFN2O6S. The number of rotatable bonds is 8. The summed E-state index contributed by atoms with van der Waals surface area (Å²) in [5.41, 5.74) is 0.983. The minimum atomic E-state index is -0.650. The van der Waals surface area contributed by atoms with Crippen molar-refractivity contribution in [2.24, 2.45) is 0 Å². The highest BCUT2D eigenvalue weighted by molar-refractivity contribution is 8.18. The number of nitrogens with zero attached hydrogens (tertiary/aromatic N) is 2. The molecule has 11 heteroatoms. The van der Waals surface area contributed by atoms with E-state index in [4.69, 9.17) is 21.1 Å². The molecule has 4 rings (SSSR count). The molecule has 0 aromatic heterocycles. The van der Waals surface area contributed by atoms with Gasteiger partial charge in [0, 0.05) is 5.02 Å². The minimum absolute atomic E-state index is 0.0126. The second kappa shape index (κ2) is 10.8. The summed E-state index contributed by atoms with van der Waals surface area (Å²) < 4.78 is 24.4. The van der Waals surface area contributed by atoms with Crippen LogP contribution in [0.1, 0.15) is 16.7 Å². The molecule has 1 aliphatic heterocycles. The molecule has 0 spiro atoms. The standard InChI is InChI=1S/C25H18ClFN2O6S/c1-34-21-9-17(20(29(32)33)12-22(21)35-14-15-5-3-2-4-6-15)10-23-24(30)28(25(31)36-23)13-16-7-8-18(27)11-19(16)26/h2-12H,13-14H2,1H3/b23-10-. The molecular weight excluding hydrogens is 511 g/mol. The van der Waals surface area contributed by atoms with Gasteiger partial charge >= 0.3 is 0 Å². The molecule has 1 fully saturated rings. The maximum atomic E-state index is 13.3. The number of ether oxygens (including phenoxy) is 2. The van der Waals surface area contributed by atoms with Gasteiger partial charge in [0.05, 0.1) is 35.1 Å². The van der Waals surface area contributed by atoms with E-state index in [2.05, 4.69) is 0 Å². The van der Waals surface area contributed by atoms with Crippen LogP contribution in [0.25, 0.3) is 6.08 Å². The van der Waals surface area contributed by atoms with Crippen molar-refractivity contribution in [3.8, 4) is 11.5 Å². The third kappa shape index (κ3) is 5.50. The van der Waals surface area contributed by atoms with E-state index in [1.165, 1.54) is 37.5 Å². The van der Waals surface area contributed by atoms with Crippen molar-refractivity contribution in [2.75, 3.05) is 7.11 Å². The molecule has 0 atom stereocenters. The Morgan fingerprint density at radius 1 is 1.11 bits per heavy atom. The largest absolute Gasteiger partial charge is 0.493 e. The molecule has 36 heavy (non-hydrogen) atoms. The number of halogens is 2. The first-order valence-corrected chi connectivity index (χ1v) is 11.7. The number of thioether (sulfide) groups is 1. The molecule has 3 aromatic carbocycles. The summed E-state index contributed by atoms with van der Waals surface area (Å²) in [5.74, 6) is -0.817. The Balaban J connectivity index is 1.62. The monoisotopic (exact) mass is 528 g/mol. The molecule has 1 saturated heterocycles. The van der Waals surface area contributed by atoms with Crippen molar-refractivity contribution in [3.05, 3.63) is 103 Å². The van der Waals surface area contributed by atoms with Gasteiger partial charge in [-0.25, -0.2) is 4.39 Å². The van der Waals surface area contributed by atoms with Crippen LogP contribution in [0.3, 0.4) is 0 Å². The van der Waals surface area contributed by atoms with E-state index in [0.717, 1.165) is 16.5 Å². The van der Waals surface area contributed by atoms with Crippen molar-refractivity contribution in [2.45, 2.75) is 13.2 Å². The normalized spacial score (nSPS) is 14.4. The van der Waals surface area contributed by atoms with E-state index in [-0.39, 0.29) is 45.8 Å². The lowest BCUT2D eigenvalue weighted by molar-refractivity contribution is -0.385. The van der Waals surface area contributed by atoms with Crippen LogP contribution in [0.2, 0.25) is 5.02 Å². The third-order valence-corrected chi connectivity index (χ3v) is 6.51. The summed E-state index contributed by atoms with van der Waals surface area (Å²) >= 11 is 6.66. The van der Waals surface area contributed by atoms with E-state index >= 15 is 0 Å². The van der Waals surface area contributed by atoms with Crippen LogP contribution in [0.4, 0.5) is 14.9 Å². The number of carbonyl (C=O) groups excluding carboxylic acids is 2. The highest BCUT2D eigenvalue weighted by atomic mass is 35.5. The fourth-order valence-electron chi connectivity index (χ4n) is 3.44. The highest BCUT2D eigenvalue weighted by Gasteiger charge is 2.36. The summed E-state index contributed by atoms with van der Waals surface area (Å²) in [5, 5.41) is 11.3. The number of methoxy groups -OCH3 is 1. The second-order valence-corrected chi connectivity index (χ2v) is 9.00. The number of imide groups is 1. The van der Waals surface area contributed by atoms with Crippen molar-refractivity contribution in [1.82, 2.24) is 4.90 Å². The Kier molecular flexibility index (Phi) is 7.56. The fourth-order valence-corrected chi connectivity index (χ4v) is 4.50. The van der Waals surface area contributed by atoms with Gasteiger partial charge in [-0.1, -0.05) is 48.0 Å².